The summed E-state index contributed by atoms with van der Waals surface area (Å²) in [7, 11) is -3.81. The van der Waals surface area contributed by atoms with Crippen molar-refractivity contribution in [2.45, 2.75) is 11.8 Å². The summed E-state index contributed by atoms with van der Waals surface area (Å²) in [4.78, 5) is 31.0. The Morgan fingerprint density at radius 2 is 1.89 bits per heavy atom. The van der Waals surface area contributed by atoms with Crippen LogP contribution in [0.4, 0.5) is 14.9 Å². The maximum atomic E-state index is 13.5. The average molecular weight is 569 g/mol. The van der Waals surface area contributed by atoms with Gasteiger partial charge in [-0.2, -0.15) is 4.31 Å². The van der Waals surface area contributed by atoms with Gasteiger partial charge in [-0.05, 0) is 59.3 Å². The van der Waals surface area contributed by atoms with E-state index in [1.165, 1.54) is 28.6 Å². The number of fused-ring (bicyclic) bond motifs is 1. The highest BCUT2D eigenvalue weighted by atomic mass is 79.9. The van der Waals surface area contributed by atoms with Crippen molar-refractivity contribution in [1.82, 2.24) is 9.37 Å². The van der Waals surface area contributed by atoms with Crippen LogP contribution in [0, 0.1) is 5.82 Å². The smallest absolute Gasteiger partial charge is 0.346 e. The fraction of sp³-hybridized carbons (Fsp3) is 0.273. The number of nitrogens with two attached hydrogens (primary N) is 1. The maximum Gasteiger partial charge on any atom is 0.346 e. The van der Waals surface area contributed by atoms with Gasteiger partial charge in [-0.15, -0.1) is 5.06 Å². The van der Waals surface area contributed by atoms with Gasteiger partial charge >= 0.3 is 11.9 Å². The summed E-state index contributed by atoms with van der Waals surface area (Å²) in [5.41, 5.74) is 6.39. The number of hydroxylamine groups is 2. The van der Waals surface area contributed by atoms with E-state index in [2.05, 4.69) is 15.9 Å². The number of imide groups is 1. The first kappa shape index (κ1) is 25.1. The van der Waals surface area contributed by atoms with Crippen LogP contribution < -0.4 is 10.6 Å². The number of rotatable bonds is 6. The van der Waals surface area contributed by atoms with E-state index < -0.39 is 27.8 Å². The van der Waals surface area contributed by atoms with E-state index >= 15 is 0 Å². The lowest BCUT2D eigenvalue weighted by Crippen LogP contribution is -2.48. The van der Waals surface area contributed by atoms with Gasteiger partial charge < -0.3 is 15.1 Å². The zero-order valence-corrected chi connectivity index (χ0v) is 21.0. The molecule has 10 nitrogen and oxygen atoms in total. The molecule has 0 aliphatic carbocycles. The Hall–Kier alpha value is -3.00. The van der Waals surface area contributed by atoms with Crippen LogP contribution >= 0.6 is 15.9 Å². The van der Waals surface area contributed by atoms with Crippen molar-refractivity contribution < 1.29 is 31.7 Å². The molecule has 1 aliphatic heterocycles. The van der Waals surface area contributed by atoms with E-state index in [4.69, 9.17) is 15.0 Å². The molecule has 186 valence electrons. The minimum absolute atomic E-state index is 0.0592. The molecule has 13 heteroatoms. The normalized spacial score (nSPS) is 14.9. The number of piperazine rings is 1. The number of urea groups is 1. The minimum atomic E-state index is -3.81. The van der Waals surface area contributed by atoms with Gasteiger partial charge in [-0.3, -0.25) is 9.63 Å². The molecule has 0 saturated carbocycles. The summed E-state index contributed by atoms with van der Waals surface area (Å²) >= 11 is 3.55. The van der Waals surface area contributed by atoms with Crippen LogP contribution in [0.3, 0.4) is 0 Å². The van der Waals surface area contributed by atoms with Gasteiger partial charge in [0, 0.05) is 31.6 Å². The number of primary amides is 1. The Kier molecular flexibility index (Phi) is 7.12. The molecule has 0 radical (unpaired) electrons. The summed E-state index contributed by atoms with van der Waals surface area (Å²) in [5.74, 6) is -1.57. The van der Waals surface area contributed by atoms with Crippen molar-refractivity contribution in [2.24, 2.45) is 5.73 Å². The fourth-order valence-corrected chi connectivity index (χ4v) is 5.96. The molecule has 4 rings (SSSR count). The Bertz CT molecular complexity index is 1390. The predicted molar refractivity (Wildman–Crippen MR) is 129 cm³/mol. The molecule has 0 atom stereocenters. The van der Waals surface area contributed by atoms with Crippen molar-refractivity contribution in [3.63, 3.8) is 0 Å². The highest BCUT2D eigenvalue weighted by molar-refractivity contribution is 9.10. The van der Waals surface area contributed by atoms with Crippen LogP contribution in [0.15, 0.2) is 56.2 Å². The first-order chi connectivity index (χ1) is 16.6. The lowest BCUT2D eigenvalue weighted by atomic mass is 10.2. The van der Waals surface area contributed by atoms with E-state index in [1.54, 1.807) is 19.1 Å². The molecule has 2 N–H and O–H groups in total. The van der Waals surface area contributed by atoms with Gasteiger partial charge in [-0.1, -0.05) is 6.07 Å². The molecule has 1 fully saturated rings. The minimum Gasteiger partial charge on any atom is -0.451 e. The lowest BCUT2D eigenvalue weighted by Gasteiger charge is -2.35. The summed E-state index contributed by atoms with van der Waals surface area (Å²) in [6, 6.07) is 8.82. The van der Waals surface area contributed by atoms with Gasteiger partial charge in [-0.25, -0.2) is 17.6 Å². The monoisotopic (exact) mass is 568 g/mol. The Balaban J connectivity index is 1.54. The first-order valence-electron chi connectivity index (χ1n) is 10.6. The number of sulfonamides is 1. The second kappa shape index (κ2) is 9.93. The van der Waals surface area contributed by atoms with Crippen LogP contribution in [0.25, 0.3) is 11.0 Å². The number of furan rings is 1. The second-order valence-corrected chi connectivity index (χ2v) is 10.4. The molecule has 1 aliphatic rings. The lowest BCUT2D eigenvalue weighted by molar-refractivity contribution is -0.0813. The molecular formula is C22H22BrFN4O6S. The Morgan fingerprint density at radius 3 is 2.51 bits per heavy atom. The molecule has 0 spiro atoms. The zero-order valence-electron chi connectivity index (χ0n) is 18.6. The van der Waals surface area contributed by atoms with Crippen molar-refractivity contribution in [3.8, 4) is 0 Å². The summed E-state index contributed by atoms with van der Waals surface area (Å²) < 4.78 is 46.9. The third kappa shape index (κ3) is 4.89. The number of halogens is 2. The second-order valence-electron chi connectivity index (χ2n) is 7.63. The number of benzene rings is 2. The topological polar surface area (TPSA) is 126 Å². The van der Waals surface area contributed by atoms with Crippen LogP contribution in [-0.2, 0) is 14.9 Å². The van der Waals surface area contributed by atoms with Gasteiger partial charge in [0.2, 0.25) is 10.0 Å². The van der Waals surface area contributed by atoms with Gasteiger partial charge in [0.15, 0.2) is 5.76 Å². The molecule has 1 saturated heterocycles. The number of hydrogen-bond acceptors (Lipinski definition) is 7. The molecule has 2 aromatic carbocycles. The predicted octanol–water partition coefficient (Wildman–Crippen LogP) is 3.32. The molecule has 35 heavy (non-hydrogen) atoms. The van der Waals surface area contributed by atoms with Crippen molar-refractivity contribution in [1.29, 1.82) is 0 Å². The van der Waals surface area contributed by atoms with Gasteiger partial charge in [0.25, 0.3) is 0 Å². The third-order valence-electron chi connectivity index (χ3n) is 5.48. The fourth-order valence-electron chi connectivity index (χ4n) is 3.81. The Morgan fingerprint density at radius 1 is 1.17 bits per heavy atom. The molecular weight excluding hydrogens is 547 g/mol. The number of carbonyl (C=O) groups is 2. The first-order valence-corrected chi connectivity index (χ1v) is 12.9. The van der Waals surface area contributed by atoms with E-state index in [9.17, 15) is 22.4 Å². The molecule has 0 unspecified atom stereocenters. The molecule has 2 heterocycles. The van der Waals surface area contributed by atoms with E-state index in [-0.39, 0.29) is 30.4 Å². The highest BCUT2D eigenvalue weighted by Gasteiger charge is 2.30. The molecule has 0 bridgehead atoms. The maximum absolute atomic E-state index is 13.5. The summed E-state index contributed by atoms with van der Waals surface area (Å²) in [5, 5.41) is 1.02. The zero-order chi connectivity index (χ0) is 25.3. The van der Waals surface area contributed by atoms with Crippen molar-refractivity contribution in [2.75, 3.05) is 37.7 Å². The number of hydrogen-bond donors (Lipinski definition) is 1. The van der Waals surface area contributed by atoms with E-state index in [1.807, 2.05) is 4.90 Å². The SMILES string of the molecule is CCON(C(N)=O)C(=O)c1cc2c(Br)c(N3CCN(S(=O)(=O)c4cccc(F)c4)CC3)ccc2o1. The van der Waals surface area contributed by atoms with Crippen LogP contribution in [0.1, 0.15) is 17.5 Å². The summed E-state index contributed by atoms with van der Waals surface area (Å²) in [6.45, 7) is 2.86. The van der Waals surface area contributed by atoms with E-state index in [0.29, 0.717) is 33.6 Å². The Labute approximate surface area is 209 Å². The number of carbonyl (C=O) groups excluding carboxylic acids is 2. The third-order valence-corrected chi connectivity index (χ3v) is 8.21. The highest BCUT2D eigenvalue weighted by Crippen LogP contribution is 2.36. The number of nitrogens with zero attached hydrogens (tertiary/aromatic N) is 3. The number of anilines is 1. The van der Waals surface area contributed by atoms with Gasteiger partial charge in [0.1, 0.15) is 11.4 Å². The average Bonchev–Trinajstić information content (AvgIpc) is 3.28. The quantitative estimate of drug-likeness (QED) is 0.452. The largest absolute Gasteiger partial charge is 0.451 e. The van der Waals surface area contributed by atoms with E-state index in [0.717, 1.165) is 11.8 Å². The van der Waals surface area contributed by atoms with Crippen LogP contribution in [-0.4, -0.2) is 62.5 Å². The number of amides is 3. The van der Waals surface area contributed by atoms with Crippen molar-refractivity contribution >= 4 is 54.5 Å². The van der Waals surface area contributed by atoms with Crippen LogP contribution in [0.5, 0.6) is 0 Å². The molecule has 3 aromatic rings. The van der Waals surface area contributed by atoms with Gasteiger partial charge in [0.05, 0.1) is 21.7 Å². The van der Waals surface area contributed by atoms with Crippen molar-refractivity contribution in [3.05, 3.63) is 58.5 Å². The van der Waals surface area contributed by atoms with Crippen LogP contribution in [0.2, 0.25) is 0 Å². The molecule has 1 aromatic heterocycles. The summed E-state index contributed by atoms with van der Waals surface area (Å²) in [6.07, 6.45) is 0. The molecule has 3 amide bonds. The standard InChI is InChI=1S/C22H22BrFN4O6S/c1-2-33-28(22(25)30)21(29)19-13-16-18(34-19)7-6-17(20(16)23)26-8-10-27(11-9-26)35(31,32)15-5-3-4-14(24)12-15/h3-7,12-13H,2,8-11H2,1H3,(H2,25,30).